The molecule has 31 heavy (non-hydrogen) atoms. The van der Waals surface area contributed by atoms with Crippen LogP contribution in [0.5, 0.6) is 0 Å². The van der Waals surface area contributed by atoms with Gasteiger partial charge in [0.05, 0.1) is 11.0 Å². The number of nitrogens with one attached hydrogen (secondary N) is 2. The maximum atomic E-state index is 12.7. The van der Waals surface area contributed by atoms with Crippen molar-refractivity contribution in [1.82, 2.24) is 20.2 Å². The number of aryl methyl sites for hydroxylation is 1. The molecule has 2 heterocycles. The molecule has 0 bridgehead atoms. The van der Waals surface area contributed by atoms with Crippen LogP contribution in [-0.4, -0.2) is 51.3 Å². The summed E-state index contributed by atoms with van der Waals surface area (Å²) >= 11 is 0. The maximum absolute atomic E-state index is 12.7. The lowest BCUT2D eigenvalue weighted by molar-refractivity contribution is 0.0107. The van der Waals surface area contributed by atoms with Crippen molar-refractivity contribution in [1.29, 1.82) is 0 Å². The minimum Gasteiger partial charge on any atom is -0.444 e. The van der Waals surface area contributed by atoms with Gasteiger partial charge in [0.25, 0.3) is 0 Å². The molecular formula is C23H34N4O4. The molecule has 0 unspecified atom stereocenters. The number of piperidine rings is 1. The average Bonchev–Trinajstić information content (AvgIpc) is 3.05. The molecule has 2 N–H and O–H groups in total. The summed E-state index contributed by atoms with van der Waals surface area (Å²) in [4.78, 5) is 35.1. The number of hydrogen-bond donors (Lipinski definition) is 2. The minimum absolute atomic E-state index is 0.348. The normalized spacial score (nSPS) is 16.8. The lowest BCUT2D eigenvalue weighted by Crippen LogP contribution is -2.55. The van der Waals surface area contributed by atoms with Crippen molar-refractivity contribution in [2.75, 3.05) is 13.1 Å². The van der Waals surface area contributed by atoms with Crippen molar-refractivity contribution in [2.45, 2.75) is 78.0 Å². The molecule has 0 aliphatic carbocycles. The fraction of sp³-hybridized carbons (Fsp3) is 0.609. The number of hydrogen-bond acceptors (Lipinski definition) is 5. The Morgan fingerprint density at radius 3 is 2.23 bits per heavy atom. The van der Waals surface area contributed by atoms with Crippen LogP contribution in [0.2, 0.25) is 0 Å². The molecule has 1 aliphatic heterocycles. The fourth-order valence-electron chi connectivity index (χ4n) is 3.72. The number of alkyl carbamates (subject to hydrolysis) is 1. The van der Waals surface area contributed by atoms with Crippen LogP contribution in [0.25, 0.3) is 11.0 Å². The molecule has 1 aromatic carbocycles. The number of likely N-dealkylation sites (tertiary alicyclic amines) is 1. The van der Waals surface area contributed by atoms with Crippen molar-refractivity contribution in [3.63, 3.8) is 0 Å². The van der Waals surface area contributed by atoms with E-state index in [2.05, 4.69) is 10.3 Å². The van der Waals surface area contributed by atoms with E-state index in [9.17, 15) is 9.59 Å². The van der Waals surface area contributed by atoms with E-state index in [0.29, 0.717) is 31.8 Å². The van der Waals surface area contributed by atoms with Crippen LogP contribution in [-0.2, 0) is 15.0 Å². The van der Waals surface area contributed by atoms with Crippen LogP contribution in [0.3, 0.4) is 0 Å². The lowest BCUT2D eigenvalue weighted by atomic mass is 9.86. The summed E-state index contributed by atoms with van der Waals surface area (Å²) in [6.45, 7) is 13.9. The van der Waals surface area contributed by atoms with Crippen LogP contribution in [0.4, 0.5) is 9.59 Å². The van der Waals surface area contributed by atoms with E-state index in [4.69, 9.17) is 14.5 Å². The standard InChI is InChI=1S/C23H34N4O4/c1-15-9-8-10-16-17(15)25-18(24-16)23(26-19(28)30-21(2,3)4)11-13-27(14-12-23)20(29)31-22(5,6)7/h8-10H,11-14H2,1-7H3,(H,24,25)(H,26,28). The Labute approximate surface area is 183 Å². The fourth-order valence-corrected chi connectivity index (χ4v) is 3.72. The molecule has 8 heteroatoms. The van der Waals surface area contributed by atoms with Gasteiger partial charge in [-0.3, -0.25) is 0 Å². The number of aromatic nitrogens is 2. The van der Waals surface area contributed by atoms with E-state index >= 15 is 0 Å². The molecule has 0 saturated carbocycles. The van der Waals surface area contributed by atoms with Gasteiger partial charge in [0.15, 0.2) is 0 Å². The second-order valence-corrected chi connectivity index (χ2v) is 10.2. The maximum Gasteiger partial charge on any atom is 0.410 e. The molecule has 0 radical (unpaired) electrons. The van der Waals surface area contributed by atoms with Crippen molar-refractivity contribution >= 4 is 23.2 Å². The van der Waals surface area contributed by atoms with Gasteiger partial charge in [-0.1, -0.05) is 12.1 Å². The first-order valence-corrected chi connectivity index (χ1v) is 10.7. The average molecular weight is 431 g/mol. The number of fused-ring (bicyclic) bond motifs is 1. The summed E-state index contributed by atoms with van der Waals surface area (Å²) in [5, 5.41) is 3.06. The van der Waals surface area contributed by atoms with Gasteiger partial charge in [-0.05, 0) is 72.9 Å². The highest BCUT2D eigenvalue weighted by Gasteiger charge is 2.43. The highest BCUT2D eigenvalue weighted by molar-refractivity contribution is 5.79. The summed E-state index contributed by atoms with van der Waals surface area (Å²) in [7, 11) is 0. The number of benzene rings is 1. The largest absolute Gasteiger partial charge is 0.444 e. The van der Waals surface area contributed by atoms with Crippen LogP contribution < -0.4 is 5.32 Å². The minimum atomic E-state index is -0.772. The highest BCUT2D eigenvalue weighted by Crippen LogP contribution is 2.34. The number of carbonyl (C=O) groups excluding carboxylic acids is 2. The molecule has 2 amide bonds. The van der Waals surface area contributed by atoms with Crippen LogP contribution in [0.15, 0.2) is 18.2 Å². The number of rotatable bonds is 2. The Morgan fingerprint density at radius 1 is 1.06 bits per heavy atom. The number of H-pyrrole nitrogens is 1. The van der Waals surface area contributed by atoms with Gasteiger partial charge in [0.1, 0.15) is 22.6 Å². The van der Waals surface area contributed by atoms with Crippen LogP contribution in [0.1, 0.15) is 65.8 Å². The third kappa shape index (κ3) is 5.48. The molecule has 8 nitrogen and oxygen atoms in total. The Hall–Kier alpha value is -2.77. The number of imidazole rings is 1. The predicted molar refractivity (Wildman–Crippen MR) is 119 cm³/mol. The zero-order valence-electron chi connectivity index (χ0n) is 19.6. The zero-order valence-corrected chi connectivity index (χ0v) is 19.6. The van der Waals surface area contributed by atoms with Gasteiger partial charge in [-0.15, -0.1) is 0 Å². The Morgan fingerprint density at radius 2 is 1.68 bits per heavy atom. The molecule has 2 aromatic rings. The van der Waals surface area contributed by atoms with Crippen molar-refractivity contribution in [3.05, 3.63) is 29.6 Å². The first-order valence-electron chi connectivity index (χ1n) is 10.7. The number of ether oxygens (including phenoxy) is 2. The van der Waals surface area contributed by atoms with Gasteiger partial charge in [0, 0.05) is 13.1 Å². The zero-order chi connectivity index (χ0) is 23.0. The quantitative estimate of drug-likeness (QED) is 0.724. The summed E-state index contributed by atoms with van der Waals surface area (Å²) in [6.07, 6.45) is 0.128. The molecule has 1 aliphatic rings. The third-order valence-electron chi connectivity index (χ3n) is 5.18. The molecular weight excluding hydrogens is 396 g/mol. The van der Waals surface area contributed by atoms with Crippen molar-refractivity contribution < 1.29 is 19.1 Å². The van der Waals surface area contributed by atoms with E-state index in [1.54, 1.807) is 4.90 Å². The van der Waals surface area contributed by atoms with E-state index < -0.39 is 22.8 Å². The van der Waals surface area contributed by atoms with Crippen LogP contribution in [0, 0.1) is 6.92 Å². The van der Waals surface area contributed by atoms with Gasteiger partial charge in [0.2, 0.25) is 0 Å². The molecule has 3 rings (SSSR count). The first kappa shape index (κ1) is 22.9. The second-order valence-electron chi connectivity index (χ2n) is 10.2. The molecule has 170 valence electrons. The lowest BCUT2D eigenvalue weighted by Gasteiger charge is -2.41. The van der Waals surface area contributed by atoms with Crippen molar-refractivity contribution in [2.24, 2.45) is 0 Å². The van der Waals surface area contributed by atoms with E-state index in [-0.39, 0.29) is 6.09 Å². The SMILES string of the molecule is Cc1cccc2[nH]c(C3(NC(=O)OC(C)(C)C)CCN(C(=O)OC(C)(C)C)CC3)nc12. The third-order valence-corrected chi connectivity index (χ3v) is 5.18. The van der Waals surface area contributed by atoms with Crippen LogP contribution >= 0.6 is 0 Å². The number of nitrogens with zero attached hydrogens (tertiary/aromatic N) is 2. The smallest absolute Gasteiger partial charge is 0.410 e. The van der Waals surface area contributed by atoms with E-state index in [0.717, 1.165) is 16.6 Å². The molecule has 1 aromatic heterocycles. The van der Waals surface area contributed by atoms with Gasteiger partial charge < -0.3 is 24.7 Å². The molecule has 1 saturated heterocycles. The number of carbonyl (C=O) groups is 2. The Balaban J connectivity index is 1.88. The topological polar surface area (TPSA) is 96.6 Å². The summed E-state index contributed by atoms with van der Waals surface area (Å²) in [5.41, 5.74) is 0.890. The second kappa shape index (κ2) is 8.05. The monoisotopic (exact) mass is 430 g/mol. The van der Waals surface area contributed by atoms with Gasteiger partial charge in [-0.2, -0.15) is 0 Å². The number of amides is 2. The van der Waals surface area contributed by atoms with Gasteiger partial charge in [-0.25, -0.2) is 14.6 Å². The van der Waals surface area contributed by atoms with E-state index in [1.807, 2.05) is 66.7 Å². The summed E-state index contributed by atoms with van der Waals surface area (Å²) in [5.74, 6) is 0.673. The highest BCUT2D eigenvalue weighted by atomic mass is 16.6. The Bertz CT molecular complexity index is 960. The molecule has 1 fully saturated rings. The summed E-state index contributed by atoms with van der Waals surface area (Å²) < 4.78 is 11.0. The van der Waals surface area contributed by atoms with Crippen molar-refractivity contribution in [3.8, 4) is 0 Å². The summed E-state index contributed by atoms with van der Waals surface area (Å²) in [6, 6.07) is 5.95. The van der Waals surface area contributed by atoms with E-state index in [1.165, 1.54) is 0 Å². The predicted octanol–water partition coefficient (Wildman–Crippen LogP) is 4.62. The molecule has 0 atom stereocenters. The molecule has 0 spiro atoms. The number of aromatic amines is 1. The first-order chi connectivity index (χ1) is 14.3. The Kier molecular flexibility index (Phi) is 5.95. The number of para-hydroxylation sites is 1. The van der Waals surface area contributed by atoms with Gasteiger partial charge >= 0.3 is 12.2 Å².